The van der Waals surface area contributed by atoms with E-state index in [2.05, 4.69) is 4.98 Å². The van der Waals surface area contributed by atoms with Crippen LogP contribution in [-0.2, 0) is 7.05 Å². The van der Waals surface area contributed by atoms with Gasteiger partial charge in [-0.15, -0.1) is 11.3 Å². The Bertz CT molecular complexity index is 1170. The maximum Gasteiger partial charge on any atom is 0.230 e. The van der Waals surface area contributed by atoms with Crippen molar-refractivity contribution in [2.75, 3.05) is 5.73 Å². The highest BCUT2D eigenvalue weighted by molar-refractivity contribution is 7.20. The first-order valence-electron chi connectivity index (χ1n) is 7.67. The number of aromatic nitrogens is 2. The van der Waals surface area contributed by atoms with Gasteiger partial charge >= 0.3 is 0 Å². The normalized spacial score (nSPS) is 11.4. The molecule has 4 aromatic heterocycles. The summed E-state index contributed by atoms with van der Waals surface area (Å²) in [5.74, 6) is -0.147. The van der Waals surface area contributed by atoms with Crippen molar-refractivity contribution in [3.63, 3.8) is 0 Å². The summed E-state index contributed by atoms with van der Waals surface area (Å²) in [5, 5.41) is 0.609. The molecule has 0 saturated heterocycles. The molecule has 0 aliphatic rings. The summed E-state index contributed by atoms with van der Waals surface area (Å²) in [6.45, 7) is 1.41. The minimum atomic E-state index is -0.253. The van der Waals surface area contributed by atoms with Crippen LogP contribution in [0.5, 0.6) is 0 Å². The molecule has 0 atom stereocenters. The zero-order chi connectivity index (χ0) is 18.6. The van der Waals surface area contributed by atoms with Gasteiger partial charge in [-0.1, -0.05) is 23.2 Å². The Labute approximate surface area is 163 Å². The monoisotopic (exact) mass is 405 g/mol. The van der Waals surface area contributed by atoms with E-state index < -0.39 is 0 Å². The summed E-state index contributed by atoms with van der Waals surface area (Å²) in [6.07, 6.45) is 1.93. The number of carbonyl (C=O) groups is 1. The molecule has 2 N–H and O–H groups in total. The van der Waals surface area contributed by atoms with E-state index in [-0.39, 0.29) is 17.2 Å². The number of Topliss-reactive ketones (excluding diaryl/α,β-unsaturated/α-hetero) is 1. The summed E-state index contributed by atoms with van der Waals surface area (Å²) in [7, 11) is 1.93. The topological polar surface area (TPSA) is 74.0 Å². The second-order valence-corrected chi connectivity index (χ2v) is 8.16. The molecule has 4 aromatic rings. The third-order valence-corrected chi connectivity index (χ3v) is 5.66. The number of pyridine rings is 1. The quantitative estimate of drug-likeness (QED) is 0.446. The Balaban J connectivity index is 2.10. The lowest BCUT2D eigenvalue weighted by Crippen LogP contribution is -1.97. The van der Waals surface area contributed by atoms with E-state index in [9.17, 15) is 4.79 Å². The molecule has 0 bridgehead atoms. The fourth-order valence-corrected chi connectivity index (χ4v) is 4.46. The number of rotatable bonds is 3. The van der Waals surface area contributed by atoms with Gasteiger partial charge in [0.1, 0.15) is 4.34 Å². The molecule has 0 aliphatic heterocycles. The SMILES string of the molecule is CC(=O)c1oc2nc(-c3cc(Cl)sc3Cl)cc(-c3cccn3C)c2c1N. The van der Waals surface area contributed by atoms with Gasteiger partial charge in [0.25, 0.3) is 0 Å². The maximum atomic E-state index is 11.9. The van der Waals surface area contributed by atoms with Crippen molar-refractivity contribution < 1.29 is 9.21 Å². The van der Waals surface area contributed by atoms with Gasteiger partial charge in [-0.3, -0.25) is 4.79 Å². The molecule has 0 aliphatic carbocycles. The number of thiophene rings is 1. The number of furan rings is 1. The van der Waals surface area contributed by atoms with Crippen LogP contribution in [0, 0.1) is 0 Å². The third-order valence-electron chi connectivity index (χ3n) is 4.17. The van der Waals surface area contributed by atoms with E-state index in [1.165, 1.54) is 18.3 Å². The van der Waals surface area contributed by atoms with Gasteiger partial charge in [0.15, 0.2) is 11.5 Å². The summed E-state index contributed by atoms with van der Waals surface area (Å²) >= 11 is 13.7. The predicted octanol–water partition coefficient (Wildman–Crippen LogP) is 5.65. The highest BCUT2D eigenvalue weighted by atomic mass is 35.5. The molecular weight excluding hydrogens is 393 g/mol. The Morgan fingerprint density at radius 3 is 2.65 bits per heavy atom. The van der Waals surface area contributed by atoms with Crippen LogP contribution in [-0.4, -0.2) is 15.3 Å². The third kappa shape index (κ3) is 2.61. The number of anilines is 1. The fourth-order valence-electron chi connectivity index (χ4n) is 2.98. The molecule has 0 saturated carbocycles. The second kappa shape index (κ2) is 6.16. The van der Waals surface area contributed by atoms with Gasteiger partial charge in [-0.2, -0.15) is 0 Å². The number of fused-ring (bicyclic) bond motifs is 1. The van der Waals surface area contributed by atoms with Gasteiger partial charge in [-0.25, -0.2) is 4.98 Å². The van der Waals surface area contributed by atoms with Crippen molar-refractivity contribution >= 4 is 57.1 Å². The molecule has 0 amide bonds. The van der Waals surface area contributed by atoms with Gasteiger partial charge in [-0.05, 0) is 24.3 Å². The minimum absolute atomic E-state index is 0.106. The Morgan fingerprint density at radius 1 is 1.31 bits per heavy atom. The van der Waals surface area contributed by atoms with Crippen LogP contribution in [0.4, 0.5) is 5.69 Å². The Morgan fingerprint density at radius 2 is 2.08 bits per heavy atom. The van der Waals surface area contributed by atoms with E-state index in [1.54, 1.807) is 6.07 Å². The van der Waals surface area contributed by atoms with Crippen LogP contribution in [0.15, 0.2) is 34.9 Å². The Kier molecular flexibility index (Phi) is 4.06. The lowest BCUT2D eigenvalue weighted by molar-refractivity contribution is 0.0990. The average Bonchev–Trinajstić information content (AvgIpc) is 3.24. The molecule has 0 fully saturated rings. The molecule has 0 aromatic carbocycles. The van der Waals surface area contributed by atoms with Crippen molar-refractivity contribution in [1.82, 2.24) is 9.55 Å². The minimum Gasteiger partial charge on any atom is -0.432 e. The van der Waals surface area contributed by atoms with Crippen LogP contribution in [0.1, 0.15) is 17.5 Å². The van der Waals surface area contributed by atoms with Crippen molar-refractivity contribution in [3.8, 4) is 22.5 Å². The van der Waals surface area contributed by atoms with E-state index in [1.807, 2.05) is 36.0 Å². The van der Waals surface area contributed by atoms with Crippen LogP contribution >= 0.6 is 34.5 Å². The van der Waals surface area contributed by atoms with Crippen LogP contribution in [0.25, 0.3) is 33.6 Å². The standard InChI is InChI=1S/C18H13Cl2N3O2S/c1-8(24)16-15(21)14-10(12-4-3-5-23(12)2)6-11(22-18(14)25-16)9-7-13(19)26-17(9)20/h3-7H,21H2,1-2H3. The number of ketones is 1. The lowest BCUT2D eigenvalue weighted by atomic mass is 10.0. The first-order valence-corrected chi connectivity index (χ1v) is 9.25. The smallest absolute Gasteiger partial charge is 0.230 e. The van der Waals surface area contributed by atoms with Crippen LogP contribution in [0.3, 0.4) is 0 Å². The second-order valence-electron chi connectivity index (χ2n) is 5.88. The fraction of sp³-hybridized carbons (Fsp3) is 0.111. The summed E-state index contributed by atoms with van der Waals surface area (Å²) in [6, 6.07) is 7.53. The molecule has 4 heterocycles. The first kappa shape index (κ1) is 17.1. The number of halogens is 2. The maximum absolute atomic E-state index is 11.9. The number of nitrogens with zero attached hydrogens (tertiary/aromatic N) is 2. The molecule has 0 spiro atoms. The van der Waals surface area contributed by atoms with E-state index >= 15 is 0 Å². The van der Waals surface area contributed by atoms with Crippen molar-refractivity contribution in [1.29, 1.82) is 0 Å². The summed E-state index contributed by atoms with van der Waals surface area (Å²) < 4.78 is 8.74. The largest absolute Gasteiger partial charge is 0.432 e. The number of aryl methyl sites for hydroxylation is 1. The van der Waals surface area contributed by atoms with E-state index in [0.29, 0.717) is 31.0 Å². The lowest BCUT2D eigenvalue weighted by Gasteiger charge is -2.08. The van der Waals surface area contributed by atoms with E-state index in [0.717, 1.165) is 11.3 Å². The van der Waals surface area contributed by atoms with Crippen molar-refractivity contribution in [3.05, 3.63) is 44.9 Å². The van der Waals surface area contributed by atoms with Gasteiger partial charge in [0.05, 0.1) is 21.1 Å². The molecule has 0 unspecified atom stereocenters. The number of nitrogens with two attached hydrogens (primary N) is 1. The molecule has 8 heteroatoms. The zero-order valence-electron chi connectivity index (χ0n) is 13.8. The molecule has 26 heavy (non-hydrogen) atoms. The average molecular weight is 406 g/mol. The molecule has 0 radical (unpaired) electrons. The molecule has 5 nitrogen and oxygen atoms in total. The van der Waals surface area contributed by atoms with Gasteiger partial charge in [0.2, 0.25) is 5.71 Å². The highest BCUT2D eigenvalue weighted by Gasteiger charge is 2.23. The zero-order valence-corrected chi connectivity index (χ0v) is 16.2. The molecule has 132 valence electrons. The highest BCUT2D eigenvalue weighted by Crippen LogP contribution is 2.42. The first-order chi connectivity index (χ1) is 12.4. The number of hydrogen-bond donors (Lipinski definition) is 1. The Hall–Kier alpha value is -2.28. The van der Waals surface area contributed by atoms with Crippen LogP contribution in [0.2, 0.25) is 8.67 Å². The number of nitrogen functional groups attached to an aromatic ring is 1. The predicted molar refractivity (Wildman–Crippen MR) is 106 cm³/mol. The van der Waals surface area contributed by atoms with E-state index in [4.69, 9.17) is 33.4 Å². The molecule has 4 rings (SSSR count). The van der Waals surface area contributed by atoms with Gasteiger partial charge < -0.3 is 14.7 Å². The van der Waals surface area contributed by atoms with Crippen molar-refractivity contribution in [2.24, 2.45) is 7.05 Å². The van der Waals surface area contributed by atoms with Crippen molar-refractivity contribution in [2.45, 2.75) is 6.92 Å². The summed E-state index contributed by atoms with van der Waals surface area (Å²) in [5.41, 5.74) is 9.83. The molecular formula is C18H13Cl2N3O2S. The number of hydrogen-bond acceptors (Lipinski definition) is 5. The number of carbonyl (C=O) groups excluding carboxylic acids is 1. The van der Waals surface area contributed by atoms with Gasteiger partial charge in [0, 0.05) is 37.0 Å². The summed E-state index contributed by atoms with van der Waals surface area (Å²) in [4.78, 5) is 16.4. The van der Waals surface area contributed by atoms with Crippen LogP contribution < -0.4 is 5.73 Å².